The van der Waals surface area contributed by atoms with Crippen molar-refractivity contribution < 1.29 is 26.9 Å². The molecule has 8 heteroatoms. The Morgan fingerprint density at radius 1 is 1.03 bits per heavy atom. The summed E-state index contributed by atoms with van der Waals surface area (Å²) in [4.78, 5) is 13.5. The molecule has 148 valence electrons. The van der Waals surface area contributed by atoms with Crippen LogP contribution in [0.1, 0.15) is 20.8 Å². The first-order valence-corrected chi connectivity index (χ1v) is 10.9. The molecule has 0 aliphatic carbocycles. The third kappa shape index (κ3) is 3.76. The molecule has 0 radical (unpaired) electrons. The number of allylic oxidation sites excluding steroid dienone is 1. The Hall–Kier alpha value is -3.10. The van der Waals surface area contributed by atoms with Crippen molar-refractivity contribution >= 4 is 33.3 Å². The minimum atomic E-state index is -4.04. The van der Waals surface area contributed by atoms with E-state index in [2.05, 4.69) is 0 Å². The van der Waals surface area contributed by atoms with Crippen LogP contribution in [-0.2, 0) is 10.1 Å². The van der Waals surface area contributed by atoms with Gasteiger partial charge in [0.15, 0.2) is 5.76 Å². The average Bonchev–Trinajstić information content (AvgIpc) is 3.24. The van der Waals surface area contributed by atoms with E-state index in [1.165, 1.54) is 60.9 Å². The number of aryl methyl sites for hydroxylation is 1. The van der Waals surface area contributed by atoms with E-state index in [0.717, 1.165) is 10.4 Å². The fraction of sp³-hybridized carbons (Fsp3) is 0.0952. The van der Waals surface area contributed by atoms with Crippen LogP contribution in [-0.4, -0.2) is 21.3 Å². The Kier molecular flexibility index (Phi) is 4.89. The summed E-state index contributed by atoms with van der Waals surface area (Å²) in [7, 11) is -2.54. The Labute approximate surface area is 172 Å². The molecule has 6 nitrogen and oxygen atoms in total. The van der Waals surface area contributed by atoms with Crippen molar-refractivity contribution in [2.75, 3.05) is 7.11 Å². The van der Waals surface area contributed by atoms with Crippen molar-refractivity contribution in [1.29, 1.82) is 0 Å². The summed E-state index contributed by atoms with van der Waals surface area (Å²) in [6.45, 7) is 1.95. The Morgan fingerprint density at radius 2 is 1.76 bits per heavy atom. The fourth-order valence-corrected chi connectivity index (χ4v) is 4.56. The van der Waals surface area contributed by atoms with E-state index >= 15 is 0 Å². The monoisotopic (exact) mass is 428 g/mol. The molecular weight excluding hydrogens is 412 g/mol. The number of ketones is 1. The number of carbonyl (C=O) groups is 1. The fourth-order valence-electron chi connectivity index (χ4n) is 2.79. The maximum atomic E-state index is 12.6. The van der Waals surface area contributed by atoms with Crippen molar-refractivity contribution in [3.05, 3.63) is 75.7 Å². The second-order valence-electron chi connectivity index (χ2n) is 6.28. The minimum Gasteiger partial charge on any atom is -0.497 e. The molecule has 0 fully saturated rings. The van der Waals surface area contributed by atoms with E-state index in [4.69, 9.17) is 13.7 Å². The van der Waals surface area contributed by atoms with Crippen LogP contribution in [0.4, 0.5) is 0 Å². The topological polar surface area (TPSA) is 78.9 Å². The predicted octanol–water partition coefficient (Wildman–Crippen LogP) is 4.45. The lowest BCUT2D eigenvalue weighted by Crippen LogP contribution is -2.09. The van der Waals surface area contributed by atoms with Crippen LogP contribution >= 0.6 is 11.3 Å². The number of ether oxygens (including phenoxy) is 2. The molecule has 2 heterocycles. The third-order valence-electron chi connectivity index (χ3n) is 4.36. The number of hydrogen-bond acceptors (Lipinski definition) is 7. The van der Waals surface area contributed by atoms with Crippen molar-refractivity contribution in [2.24, 2.45) is 0 Å². The zero-order chi connectivity index (χ0) is 20.6. The van der Waals surface area contributed by atoms with Gasteiger partial charge in [-0.15, -0.1) is 11.3 Å². The molecule has 1 aliphatic heterocycles. The van der Waals surface area contributed by atoms with Crippen LogP contribution in [0.25, 0.3) is 6.08 Å². The molecule has 0 bridgehead atoms. The highest BCUT2D eigenvalue weighted by Gasteiger charge is 2.29. The van der Waals surface area contributed by atoms with Crippen LogP contribution in [0, 0.1) is 6.92 Å². The van der Waals surface area contributed by atoms with Crippen LogP contribution in [0.2, 0.25) is 0 Å². The Balaban J connectivity index is 1.58. The van der Waals surface area contributed by atoms with Gasteiger partial charge in [-0.2, -0.15) is 8.42 Å². The number of rotatable bonds is 5. The molecule has 0 spiro atoms. The van der Waals surface area contributed by atoms with Gasteiger partial charge in [-0.3, -0.25) is 4.79 Å². The van der Waals surface area contributed by atoms with Gasteiger partial charge in [-0.25, -0.2) is 0 Å². The van der Waals surface area contributed by atoms with E-state index in [1.807, 2.05) is 18.4 Å². The lowest BCUT2D eigenvalue weighted by Gasteiger charge is -2.08. The van der Waals surface area contributed by atoms with Gasteiger partial charge >= 0.3 is 10.1 Å². The van der Waals surface area contributed by atoms with Crippen LogP contribution in [0.15, 0.2) is 64.6 Å². The van der Waals surface area contributed by atoms with Gasteiger partial charge in [-0.1, -0.05) is 0 Å². The molecule has 0 unspecified atom stereocenters. The summed E-state index contributed by atoms with van der Waals surface area (Å²) in [6.07, 6.45) is 1.69. The molecule has 0 saturated heterocycles. The summed E-state index contributed by atoms with van der Waals surface area (Å²) >= 11 is 1.51. The van der Waals surface area contributed by atoms with Crippen molar-refractivity contribution in [3.8, 4) is 17.2 Å². The first-order valence-electron chi connectivity index (χ1n) is 8.58. The number of Topliss-reactive ketones (excluding diaryl/α,β-unsaturated/α-hetero) is 1. The molecule has 0 saturated carbocycles. The second kappa shape index (κ2) is 7.38. The molecule has 0 amide bonds. The average molecular weight is 428 g/mol. The van der Waals surface area contributed by atoms with E-state index in [9.17, 15) is 13.2 Å². The highest BCUT2D eigenvalue weighted by molar-refractivity contribution is 7.87. The lowest BCUT2D eigenvalue weighted by atomic mass is 10.1. The standard InChI is InChI=1S/C21H16O6S2/c1-13-9-10-28-20(13)12-19-21(22)17-8-5-15(11-18(17)26-19)27-29(23,24)16-6-3-14(25-2)4-7-16/h3-12H,1-2H3. The molecule has 0 atom stereocenters. The lowest BCUT2D eigenvalue weighted by molar-refractivity contribution is 0.101. The van der Waals surface area contributed by atoms with Gasteiger partial charge in [0.2, 0.25) is 5.78 Å². The van der Waals surface area contributed by atoms with E-state index < -0.39 is 10.1 Å². The maximum Gasteiger partial charge on any atom is 0.339 e. The number of methoxy groups -OCH3 is 1. The summed E-state index contributed by atoms with van der Waals surface area (Å²) in [5.74, 6) is 0.797. The minimum absolute atomic E-state index is 0.00968. The third-order valence-corrected chi connectivity index (χ3v) is 6.59. The SMILES string of the molecule is COc1ccc(S(=O)(=O)Oc2ccc3c(c2)OC(=Cc2sccc2C)C3=O)cc1. The van der Waals surface area contributed by atoms with E-state index in [-0.39, 0.29) is 27.9 Å². The quantitative estimate of drug-likeness (QED) is 0.441. The molecule has 1 aromatic heterocycles. The summed E-state index contributed by atoms with van der Waals surface area (Å²) in [5.41, 5.74) is 1.41. The summed E-state index contributed by atoms with van der Waals surface area (Å²) in [5, 5.41) is 1.93. The Morgan fingerprint density at radius 3 is 2.41 bits per heavy atom. The van der Waals surface area contributed by atoms with Crippen molar-refractivity contribution in [2.45, 2.75) is 11.8 Å². The first kappa shape index (κ1) is 19.2. The second-order valence-corrected chi connectivity index (χ2v) is 8.77. The highest BCUT2D eigenvalue weighted by atomic mass is 32.2. The number of thiophene rings is 1. The normalized spacial score (nSPS) is 14.6. The number of hydrogen-bond donors (Lipinski definition) is 0. The number of fused-ring (bicyclic) bond motifs is 1. The van der Waals surface area contributed by atoms with Crippen LogP contribution in [0.5, 0.6) is 17.2 Å². The smallest absolute Gasteiger partial charge is 0.339 e. The zero-order valence-corrected chi connectivity index (χ0v) is 17.2. The number of carbonyl (C=O) groups excluding carboxylic acids is 1. The van der Waals surface area contributed by atoms with Gasteiger partial charge in [0.05, 0.1) is 12.7 Å². The number of benzene rings is 2. The van der Waals surface area contributed by atoms with Crippen LogP contribution < -0.4 is 13.7 Å². The van der Waals surface area contributed by atoms with Crippen molar-refractivity contribution in [3.63, 3.8) is 0 Å². The molecule has 3 aromatic rings. The zero-order valence-electron chi connectivity index (χ0n) is 15.5. The summed E-state index contributed by atoms with van der Waals surface area (Å²) < 4.78 is 40.9. The highest BCUT2D eigenvalue weighted by Crippen LogP contribution is 2.36. The van der Waals surface area contributed by atoms with Gasteiger partial charge < -0.3 is 13.7 Å². The molecule has 29 heavy (non-hydrogen) atoms. The maximum absolute atomic E-state index is 12.6. The summed E-state index contributed by atoms with van der Waals surface area (Å²) in [6, 6.07) is 12.1. The van der Waals surface area contributed by atoms with E-state index in [1.54, 1.807) is 6.08 Å². The molecule has 1 aliphatic rings. The van der Waals surface area contributed by atoms with Gasteiger partial charge in [0, 0.05) is 17.0 Å². The van der Waals surface area contributed by atoms with Gasteiger partial charge in [-0.05, 0) is 60.3 Å². The first-order chi connectivity index (χ1) is 13.9. The largest absolute Gasteiger partial charge is 0.497 e. The van der Waals surface area contributed by atoms with Gasteiger partial charge in [0.1, 0.15) is 22.1 Å². The van der Waals surface area contributed by atoms with Crippen LogP contribution in [0.3, 0.4) is 0 Å². The molecular formula is C21H16O6S2. The van der Waals surface area contributed by atoms with E-state index in [0.29, 0.717) is 11.3 Å². The Bertz CT molecular complexity index is 1220. The predicted molar refractivity (Wildman–Crippen MR) is 109 cm³/mol. The molecule has 4 rings (SSSR count). The van der Waals surface area contributed by atoms with Gasteiger partial charge in [0.25, 0.3) is 0 Å². The molecule has 2 aromatic carbocycles. The molecule has 0 N–H and O–H groups in total. The van der Waals surface area contributed by atoms with Crippen molar-refractivity contribution in [1.82, 2.24) is 0 Å².